The number of nitrogens with two attached hydrogens (primary N) is 1. The van der Waals surface area contributed by atoms with Crippen LogP contribution in [0.5, 0.6) is 0 Å². The fourth-order valence-corrected chi connectivity index (χ4v) is 2.80. The number of alkyl halides is 3. The summed E-state index contributed by atoms with van der Waals surface area (Å²) in [5.74, 6) is 6.06. The summed E-state index contributed by atoms with van der Waals surface area (Å²) < 4.78 is 38.7. The molecule has 0 bridgehead atoms. The van der Waals surface area contributed by atoms with Crippen LogP contribution < -0.4 is 16.2 Å². The van der Waals surface area contributed by atoms with Gasteiger partial charge in [-0.1, -0.05) is 19.3 Å². The van der Waals surface area contributed by atoms with Crippen molar-refractivity contribution in [2.75, 3.05) is 23.9 Å². The summed E-state index contributed by atoms with van der Waals surface area (Å²) in [6.45, 7) is 0.721. The maximum absolute atomic E-state index is 12.9. The van der Waals surface area contributed by atoms with Crippen molar-refractivity contribution < 1.29 is 13.2 Å². The minimum atomic E-state index is -4.41. The molecule has 7 heteroatoms. The molecule has 1 heterocycles. The highest BCUT2D eigenvalue weighted by molar-refractivity contribution is 5.50. The standard InChI is InChI=1S/C14H21F3N4/c1-21(9-10-5-3-2-4-6-10)13-8-11(14(15,16)17)7-12(19-13)20-18/h7-8,10H,2-6,9,18H2,1H3,(H,19,20). The van der Waals surface area contributed by atoms with Crippen LogP contribution in [0.2, 0.25) is 0 Å². The first-order valence-corrected chi connectivity index (χ1v) is 7.17. The molecule has 21 heavy (non-hydrogen) atoms. The molecule has 1 aromatic heterocycles. The molecule has 2 rings (SSSR count). The van der Waals surface area contributed by atoms with Crippen molar-refractivity contribution in [1.82, 2.24) is 4.98 Å². The average molecular weight is 302 g/mol. The molecular formula is C14H21F3N4. The second-order valence-electron chi connectivity index (χ2n) is 5.63. The number of halogens is 3. The Morgan fingerprint density at radius 2 is 1.95 bits per heavy atom. The highest BCUT2D eigenvalue weighted by Gasteiger charge is 2.32. The van der Waals surface area contributed by atoms with Crippen LogP contribution in [0.3, 0.4) is 0 Å². The minimum Gasteiger partial charge on any atom is -0.359 e. The number of hydrazine groups is 1. The van der Waals surface area contributed by atoms with Crippen molar-refractivity contribution in [2.24, 2.45) is 11.8 Å². The summed E-state index contributed by atoms with van der Waals surface area (Å²) in [6, 6.07) is 1.99. The lowest BCUT2D eigenvalue weighted by Crippen LogP contribution is -2.28. The second-order valence-corrected chi connectivity index (χ2v) is 5.63. The highest BCUT2D eigenvalue weighted by atomic mass is 19.4. The molecule has 0 aromatic carbocycles. The topological polar surface area (TPSA) is 54.2 Å². The zero-order valence-electron chi connectivity index (χ0n) is 12.1. The predicted molar refractivity (Wildman–Crippen MR) is 76.9 cm³/mol. The number of nitrogens with one attached hydrogen (secondary N) is 1. The zero-order valence-corrected chi connectivity index (χ0v) is 12.1. The van der Waals surface area contributed by atoms with Crippen molar-refractivity contribution in [3.05, 3.63) is 17.7 Å². The van der Waals surface area contributed by atoms with Crippen molar-refractivity contribution in [2.45, 2.75) is 38.3 Å². The fourth-order valence-electron chi connectivity index (χ4n) is 2.80. The first-order chi connectivity index (χ1) is 9.90. The molecule has 0 spiro atoms. The van der Waals surface area contributed by atoms with Crippen molar-refractivity contribution in [3.8, 4) is 0 Å². The first kappa shape index (κ1) is 15.9. The summed E-state index contributed by atoms with van der Waals surface area (Å²) in [6.07, 6.45) is 1.50. The summed E-state index contributed by atoms with van der Waals surface area (Å²) in [5.41, 5.74) is 1.46. The number of hydrogen-bond acceptors (Lipinski definition) is 4. The fraction of sp³-hybridized carbons (Fsp3) is 0.643. The van der Waals surface area contributed by atoms with E-state index in [2.05, 4.69) is 10.4 Å². The molecule has 0 atom stereocenters. The summed E-state index contributed by atoms with van der Waals surface area (Å²) in [4.78, 5) is 5.90. The van der Waals surface area contributed by atoms with Gasteiger partial charge in [-0.2, -0.15) is 13.2 Å². The smallest absolute Gasteiger partial charge is 0.359 e. The number of aromatic nitrogens is 1. The lowest BCUT2D eigenvalue weighted by atomic mass is 9.89. The molecule has 3 N–H and O–H groups in total. The Kier molecular flexibility index (Phi) is 4.92. The van der Waals surface area contributed by atoms with Gasteiger partial charge in [0.15, 0.2) is 0 Å². The third-order valence-electron chi connectivity index (χ3n) is 3.93. The monoisotopic (exact) mass is 302 g/mol. The second kappa shape index (κ2) is 6.51. The lowest BCUT2D eigenvalue weighted by molar-refractivity contribution is -0.137. The third kappa shape index (κ3) is 4.23. The van der Waals surface area contributed by atoms with Gasteiger partial charge in [0.1, 0.15) is 11.6 Å². The van der Waals surface area contributed by atoms with Gasteiger partial charge in [-0.15, -0.1) is 0 Å². The molecule has 0 aliphatic heterocycles. The minimum absolute atomic E-state index is 0.0234. The van der Waals surface area contributed by atoms with Crippen LogP contribution in [0.1, 0.15) is 37.7 Å². The van der Waals surface area contributed by atoms with Gasteiger partial charge in [0.25, 0.3) is 0 Å². The van der Waals surface area contributed by atoms with Crippen molar-refractivity contribution in [1.29, 1.82) is 0 Å². The highest BCUT2D eigenvalue weighted by Crippen LogP contribution is 2.33. The third-order valence-corrected chi connectivity index (χ3v) is 3.93. The molecule has 0 saturated heterocycles. The van der Waals surface area contributed by atoms with E-state index in [-0.39, 0.29) is 5.82 Å². The molecule has 0 amide bonds. The lowest BCUT2D eigenvalue weighted by Gasteiger charge is -2.28. The molecule has 0 unspecified atom stereocenters. The maximum atomic E-state index is 12.9. The van der Waals surface area contributed by atoms with E-state index in [0.717, 1.165) is 31.5 Å². The van der Waals surface area contributed by atoms with Crippen LogP contribution in [0, 0.1) is 5.92 Å². The Bertz CT molecular complexity index is 470. The Balaban J connectivity index is 2.17. The number of nitrogen functional groups attached to an aromatic ring is 1. The van der Waals surface area contributed by atoms with Crippen LogP contribution in [-0.2, 0) is 6.18 Å². The van der Waals surface area contributed by atoms with E-state index in [1.54, 1.807) is 11.9 Å². The van der Waals surface area contributed by atoms with E-state index in [4.69, 9.17) is 5.84 Å². The number of anilines is 2. The molecule has 1 aliphatic carbocycles. The number of nitrogens with zero attached hydrogens (tertiary/aromatic N) is 2. The molecule has 4 nitrogen and oxygen atoms in total. The van der Waals surface area contributed by atoms with Crippen LogP contribution in [0.4, 0.5) is 24.8 Å². The maximum Gasteiger partial charge on any atom is 0.416 e. The van der Waals surface area contributed by atoms with Gasteiger partial charge in [0, 0.05) is 13.6 Å². The summed E-state index contributed by atoms with van der Waals surface area (Å²) in [5, 5.41) is 0. The molecule has 1 fully saturated rings. The summed E-state index contributed by atoms with van der Waals surface area (Å²) in [7, 11) is 1.78. The van der Waals surface area contributed by atoms with Gasteiger partial charge in [-0.3, -0.25) is 0 Å². The largest absolute Gasteiger partial charge is 0.416 e. The Hall–Kier alpha value is -1.50. The quantitative estimate of drug-likeness (QED) is 0.661. The van der Waals surface area contributed by atoms with E-state index in [1.807, 2.05) is 0 Å². The van der Waals surface area contributed by atoms with Gasteiger partial charge < -0.3 is 10.3 Å². The van der Waals surface area contributed by atoms with Crippen LogP contribution in [0.25, 0.3) is 0 Å². The number of rotatable bonds is 4. The molecular weight excluding hydrogens is 281 g/mol. The normalized spacial score (nSPS) is 16.8. The molecule has 118 valence electrons. The van der Waals surface area contributed by atoms with E-state index in [0.29, 0.717) is 11.7 Å². The Morgan fingerprint density at radius 1 is 1.29 bits per heavy atom. The van der Waals surface area contributed by atoms with Crippen LogP contribution in [-0.4, -0.2) is 18.6 Å². The van der Waals surface area contributed by atoms with E-state index in [9.17, 15) is 13.2 Å². The van der Waals surface area contributed by atoms with E-state index < -0.39 is 11.7 Å². The SMILES string of the molecule is CN(CC1CCCCC1)c1cc(C(F)(F)F)cc(NN)n1. The van der Waals surface area contributed by atoms with Gasteiger partial charge in [0.05, 0.1) is 5.56 Å². The molecule has 1 aliphatic rings. The van der Waals surface area contributed by atoms with Crippen LogP contribution in [0.15, 0.2) is 12.1 Å². The first-order valence-electron chi connectivity index (χ1n) is 7.17. The van der Waals surface area contributed by atoms with Gasteiger partial charge in [-0.25, -0.2) is 10.8 Å². The molecule has 1 aromatic rings. The van der Waals surface area contributed by atoms with Gasteiger partial charge in [-0.05, 0) is 30.9 Å². The molecule has 0 radical (unpaired) electrons. The Labute approximate surface area is 122 Å². The molecule has 1 saturated carbocycles. The average Bonchev–Trinajstić information content (AvgIpc) is 2.46. The van der Waals surface area contributed by atoms with Crippen molar-refractivity contribution >= 4 is 11.6 Å². The Morgan fingerprint density at radius 3 is 2.52 bits per heavy atom. The summed E-state index contributed by atoms with van der Waals surface area (Å²) >= 11 is 0. The van der Waals surface area contributed by atoms with E-state index in [1.165, 1.54) is 19.3 Å². The van der Waals surface area contributed by atoms with E-state index >= 15 is 0 Å². The van der Waals surface area contributed by atoms with Gasteiger partial charge >= 0.3 is 6.18 Å². The van der Waals surface area contributed by atoms with Crippen LogP contribution >= 0.6 is 0 Å². The van der Waals surface area contributed by atoms with Gasteiger partial charge in [0.2, 0.25) is 0 Å². The zero-order chi connectivity index (χ0) is 15.5. The number of hydrogen-bond donors (Lipinski definition) is 2. The van der Waals surface area contributed by atoms with Crippen molar-refractivity contribution in [3.63, 3.8) is 0 Å². The number of pyridine rings is 1. The predicted octanol–water partition coefficient (Wildman–Crippen LogP) is 3.40.